The number of nitrogens with zero attached hydrogens (tertiary/aromatic N) is 2. The van der Waals surface area contributed by atoms with Gasteiger partial charge in [0.2, 0.25) is 5.91 Å². The monoisotopic (exact) mass is 313 g/mol. The van der Waals surface area contributed by atoms with Crippen molar-refractivity contribution in [2.24, 2.45) is 0 Å². The van der Waals surface area contributed by atoms with E-state index in [1.54, 1.807) is 6.20 Å². The SMILES string of the molecule is Cc1ccc(-c2cnc(CCC(=O)N3CCNC[C@H]3C)o2)cc1. The zero-order valence-corrected chi connectivity index (χ0v) is 13.7. The summed E-state index contributed by atoms with van der Waals surface area (Å²) in [5.74, 6) is 1.55. The smallest absolute Gasteiger partial charge is 0.223 e. The maximum atomic E-state index is 12.3. The number of aryl methyl sites for hydroxylation is 2. The Balaban J connectivity index is 1.58. The standard InChI is InChI=1S/C18H23N3O2/c1-13-3-5-15(6-4-13)16-12-20-17(23-16)7-8-18(22)21-10-9-19-11-14(21)2/h3-6,12,14,19H,7-11H2,1-2H3/t14-/m1/s1. The van der Waals surface area contributed by atoms with Crippen LogP contribution in [0.15, 0.2) is 34.9 Å². The summed E-state index contributed by atoms with van der Waals surface area (Å²) in [7, 11) is 0. The van der Waals surface area contributed by atoms with E-state index in [4.69, 9.17) is 4.42 Å². The second kappa shape index (κ2) is 6.96. The minimum Gasteiger partial charge on any atom is -0.441 e. The van der Waals surface area contributed by atoms with Crippen molar-refractivity contribution < 1.29 is 9.21 Å². The van der Waals surface area contributed by atoms with Crippen LogP contribution in [0.4, 0.5) is 0 Å². The molecule has 3 rings (SSSR count). The van der Waals surface area contributed by atoms with E-state index in [2.05, 4.69) is 24.1 Å². The number of piperazine rings is 1. The molecule has 1 N–H and O–H groups in total. The van der Waals surface area contributed by atoms with E-state index in [1.165, 1.54) is 5.56 Å². The number of aromatic nitrogens is 1. The van der Waals surface area contributed by atoms with Crippen LogP contribution in [0, 0.1) is 6.92 Å². The fourth-order valence-corrected chi connectivity index (χ4v) is 2.85. The minimum atomic E-state index is 0.175. The van der Waals surface area contributed by atoms with Gasteiger partial charge >= 0.3 is 0 Å². The van der Waals surface area contributed by atoms with Crippen LogP contribution in [0.3, 0.4) is 0 Å². The average molecular weight is 313 g/mol. The molecule has 1 amide bonds. The van der Waals surface area contributed by atoms with Gasteiger partial charge < -0.3 is 14.6 Å². The summed E-state index contributed by atoms with van der Waals surface area (Å²) in [6, 6.07) is 8.39. The zero-order chi connectivity index (χ0) is 16.2. The third kappa shape index (κ3) is 3.79. The summed E-state index contributed by atoms with van der Waals surface area (Å²) in [4.78, 5) is 18.6. The van der Waals surface area contributed by atoms with Crippen molar-refractivity contribution in [3.05, 3.63) is 41.9 Å². The maximum absolute atomic E-state index is 12.3. The number of carbonyl (C=O) groups is 1. The van der Waals surface area contributed by atoms with Crippen LogP contribution in [-0.2, 0) is 11.2 Å². The summed E-state index contributed by atoms with van der Waals surface area (Å²) in [6.45, 7) is 6.64. The number of nitrogens with one attached hydrogen (secondary N) is 1. The summed E-state index contributed by atoms with van der Waals surface area (Å²) < 4.78 is 5.78. The number of amides is 1. The van der Waals surface area contributed by atoms with Crippen LogP contribution >= 0.6 is 0 Å². The summed E-state index contributed by atoms with van der Waals surface area (Å²) in [5, 5.41) is 3.29. The Morgan fingerprint density at radius 1 is 1.39 bits per heavy atom. The molecule has 1 atom stereocenters. The van der Waals surface area contributed by atoms with Crippen molar-refractivity contribution >= 4 is 5.91 Å². The van der Waals surface area contributed by atoms with Crippen LogP contribution in [0.5, 0.6) is 0 Å². The second-order valence-corrected chi connectivity index (χ2v) is 6.12. The van der Waals surface area contributed by atoms with Crippen LogP contribution < -0.4 is 5.32 Å². The molecule has 122 valence electrons. The van der Waals surface area contributed by atoms with Crippen LogP contribution in [0.2, 0.25) is 0 Å². The first-order chi connectivity index (χ1) is 11.1. The topological polar surface area (TPSA) is 58.4 Å². The Morgan fingerprint density at radius 2 is 2.17 bits per heavy atom. The Morgan fingerprint density at radius 3 is 2.91 bits per heavy atom. The lowest BCUT2D eigenvalue weighted by Gasteiger charge is -2.34. The number of benzene rings is 1. The largest absolute Gasteiger partial charge is 0.441 e. The molecule has 0 radical (unpaired) electrons. The molecule has 1 fully saturated rings. The van der Waals surface area contributed by atoms with Crippen molar-refractivity contribution in [1.82, 2.24) is 15.2 Å². The molecular formula is C18H23N3O2. The normalized spacial score (nSPS) is 18.2. The molecule has 23 heavy (non-hydrogen) atoms. The number of hydrogen-bond donors (Lipinski definition) is 1. The fourth-order valence-electron chi connectivity index (χ4n) is 2.85. The highest BCUT2D eigenvalue weighted by atomic mass is 16.4. The molecule has 0 aliphatic carbocycles. The second-order valence-electron chi connectivity index (χ2n) is 6.12. The number of oxazole rings is 1. The van der Waals surface area contributed by atoms with E-state index in [0.29, 0.717) is 18.7 Å². The molecule has 1 aliphatic heterocycles. The van der Waals surface area contributed by atoms with Gasteiger partial charge in [0.05, 0.1) is 6.20 Å². The summed E-state index contributed by atoms with van der Waals surface area (Å²) in [6.07, 6.45) is 2.72. The summed E-state index contributed by atoms with van der Waals surface area (Å²) >= 11 is 0. The van der Waals surface area contributed by atoms with Gasteiger partial charge in [-0.15, -0.1) is 0 Å². The molecule has 2 heterocycles. The van der Waals surface area contributed by atoms with Gasteiger partial charge in [0.1, 0.15) is 0 Å². The molecular weight excluding hydrogens is 290 g/mol. The first kappa shape index (κ1) is 15.7. The Kier molecular flexibility index (Phi) is 4.76. The first-order valence-corrected chi connectivity index (χ1v) is 8.15. The van der Waals surface area contributed by atoms with Crippen LogP contribution in [0.25, 0.3) is 11.3 Å². The van der Waals surface area contributed by atoms with Gasteiger partial charge in [-0.2, -0.15) is 0 Å². The third-order valence-corrected chi connectivity index (χ3v) is 4.26. The predicted molar refractivity (Wildman–Crippen MR) is 89.0 cm³/mol. The molecule has 1 saturated heterocycles. The van der Waals surface area contributed by atoms with Gasteiger partial charge in [0, 0.05) is 44.1 Å². The lowest BCUT2D eigenvalue weighted by Crippen LogP contribution is -2.52. The molecule has 5 heteroatoms. The highest BCUT2D eigenvalue weighted by Crippen LogP contribution is 2.21. The highest BCUT2D eigenvalue weighted by molar-refractivity contribution is 5.76. The predicted octanol–water partition coefficient (Wildman–Crippen LogP) is 2.40. The lowest BCUT2D eigenvalue weighted by atomic mass is 10.1. The molecule has 2 aromatic rings. The molecule has 5 nitrogen and oxygen atoms in total. The Hall–Kier alpha value is -2.14. The van der Waals surface area contributed by atoms with Crippen molar-refractivity contribution in [1.29, 1.82) is 0 Å². The van der Waals surface area contributed by atoms with E-state index in [-0.39, 0.29) is 11.9 Å². The van der Waals surface area contributed by atoms with Crippen molar-refractivity contribution in [3.8, 4) is 11.3 Å². The van der Waals surface area contributed by atoms with Crippen LogP contribution in [-0.4, -0.2) is 41.5 Å². The molecule has 1 aliphatic rings. The van der Waals surface area contributed by atoms with E-state index in [1.807, 2.05) is 29.2 Å². The minimum absolute atomic E-state index is 0.175. The Bertz CT molecular complexity index is 663. The fraction of sp³-hybridized carbons (Fsp3) is 0.444. The molecule has 0 bridgehead atoms. The Labute approximate surface area is 136 Å². The quantitative estimate of drug-likeness (QED) is 0.941. The van der Waals surface area contributed by atoms with E-state index < -0.39 is 0 Å². The van der Waals surface area contributed by atoms with Gasteiger partial charge in [0.15, 0.2) is 11.7 Å². The van der Waals surface area contributed by atoms with E-state index >= 15 is 0 Å². The molecule has 1 aromatic heterocycles. The number of hydrogen-bond acceptors (Lipinski definition) is 4. The first-order valence-electron chi connectivity index (χ1n) is 8.15. The number of carbonyl (C=O) groups excluding carboxylic acids is 1. The van der Waals surface area contributed by atoms with Crippen molar-refractivity contribution in [3.63, 3.8) is 0 Å². The average Bonchev–Trinajstić information content (AvgIpc) is 3.03. The van der Waals surface area contributed by atoms with E-state index in [0.717, 1.165) is 31.0 Å². The van der Waals surface area contributed by atoms with Gasteiger partial charge in [0.25, 0.3) is 0 Å². The van der Waals surface area contributed by atoms with Gasteiger partial charge in [-0.1, -0.05) is 29.8 Å². The van der Waals surface area contributed by atoms with Crippen molar-refractivity contribution in [2.75, 3.05) is 19.6 Å². The molecule has 0 unspecified atom stereocenters. The van der Waals surface area contributed by atoms with Crippen LogP contribution in [0.1, 0.15) is 24.8 Å². The zero-order valence-electron chi connectivity index (χ0n) is 13.7. The van der Waals surface area contributed by atoms with Gasteiger partial charge in [-0.05, 0) is 13.8 Å². The molecule has 0 saturated carbocycles. The van der Waals surface area contributed by atoms with Gasteiger partial charge in [-0.25, -0.2) is 4.98 Å². The highest BCUT2D eigenvalue weighted by Gasteiger charge is 2.22. The summed E-state index contributed by atoms with van der Waals surface area (Å²) in [5.41, 5.74) is 2.22. The van der Waals surface area contributed by atoms with Gasteiger partial charge in [-0.3, -0.25) is 4.79 Å². The maximum Gasteiger partial charge on any atom is 0.223 e. The molecule has 1 aromatic carbocycles. The number of rotatable bonds is 4. The molecule has 0 spiro atoms. The van der Waals surface area contributed by atoms with E-state index in [9.17, 15) is 4.79 Å². The van der Waals surface area contributed by atoms with Crippen molar-refractivity contribution in [2.45, 2.75) is 32.7 Å². The lowest BCUT2D eigenvalue weighted by molar-refractivity contribution is -0.134. The third-order valence-electron chi connectivity index (χ3n) is 4.26.